The number of hydrogen-bond acceptors (Lipinski definition) is 2. The number of fused-ring (bicyclic) bond motifs is 1. The molecule has 0 aliphatic heterocycles. The van der Waals surface area contributed by atoms with E-state index in [2.05, 4.69) is 35.3 Å². The van der Waals surface area contributed by atoms with Crippen LogP contribution < -0.4 is 10.1 Å². The van der Waals surface area contributed by atoms with Gasteiger partial charge in [-0.3, -0.25) is 0 Å². The maximum absolute atomic E-state index is 5.56. The molecule has 1 aromatic heterocycles. The molecule has 0 amide bonds. The number of aromatic nitrogens is 1. The van der Waals surface area contributed by atoms with Gasteiger partial charge in [-0.25, -0.2) is 0 Å². The second-order valence-corrected chi connectivity index (χ2v) is 4.23. The molecule has 2 rings (SSSR count). The number of aryl methyl sites for hydroxylation is 1. The molecule has 0 radical (unpaired) electrons. The van der Waals surface area contributed by atoms with E-state index in [4.69, 9.17) is 4.74 Å². The van der Waals surface area contributed by atoms with Crippen LogP contribution in [0.2, 0.25) is 0 Å². The fourth-order valence-corrected chi connectivity index (χ4v) is 2.17. The van der Waals surface area contributed by atoms with E-state index in [-0.39, 0.29) is 0 Å². The highest BCUT2D eigenvalue weighted by molar-refractivity contribution is 5.85. The lowest BCUT2D eigenvalue weighted by molar-refractivity contribution is 0.340. The highest BCUT2D eigenvalue weighted by atomic mass is 16.5. The summed E-state index contributed by atoms with van der Waals surface area (Å²) in [5.74, 6) is 0.955. The summed E-state index contributed by atoms with van der Waals surface area (Å²) in [6.07, 6.45) is 3.25. The van der Waals surface area contributed by atoms with Crippen LogP contribution in [-0.4, -0.2) is 24.8 Å². The van der Waals surface area contributed by atoms with Crippen LogP contribution >= 0.6 is 0 Å². The molecule has 3 nitrogen and oxygen atoms in total. The first-order chi connectivity index (χ1) is 8.26. The first-order valence-electron chi connectivity index (χ1n) is 6.11. The van der Waals surface area contributed by atoms with E-state index < -0.39 is 0 Å². The average molecular weight is 232 g/mol. The molecule has 0 saturated carbocycles. The molecule has 1 N–H and O–H groups in total. The van der Waals surface area contributed by atoms with Gasteiger partial charge in [0.25, 0.3) is 0 Å². The van der Waals surface area contributed by atoms with Crippen LogP contribution in [-0.2, 0) is 13.5 Å². The third-order valence-corrected chi connectivity index (χ3v) is 3.00. The van der Waals surface area contributed by atoms with Crippen LogP contribution in [0.15, 0.2) is 24.4 Å². The van der Waals surface area contributed by atoms with Crippen LogP contribution in [0.3, 0.4) is 0 Å². The molecule has 2 aromatic rings. The van der Waals surface area contributed by atoms with E-state index in [1.807, 2.05) is 20.0 Å². The first kappa shape index (κ1) is 12.0. The van der Waals surface area contributed by atoms with Gasteiger partial charge in [0.2, 0.25) is 0 Å². The van der Waals surface area contributed by atoms with Gasteiger partial charge in [0.1, 0.15) is 5.75 Å². The summed E-state index contributed by atoms with van der Waals surface area (Å²) < 4.78 is 7.73. The SMILES string of the molecule is CCOc1ccc2c(c1)c(CCNC)cn2C. The molecule has 92 valence electrons. The standard InChI is InChI=1S/C14H20N2O/c1-4-17-12-5-6-14-13(9-12)11(7-8-15-2)10-16(14)3/h5-6,9-10,15H,4,7-8H2,1-3H3. The second-order valence-electron chi connectivity index (χ2n) is 4.23. The molecule has 0 atom stereocenters. The van der Waals surface area contributed by atoms with E-state index in [9.17, 15) is 0 Å². The summed E-state index contributed by atoms with van der Waals surface area (Å²) >= 11 is 0. The van der Waals surface area contributed by atoms with Crippen molar-refractivity contribution < 1.29 is 4.74 Å². The number of likely N-dealkylation sites (N-methyl/N-ethyl adjacent to an activating group) is 1. The summed E-state index contributed by atoms with van der Waals surface area (Å²) in [4.78, 5) is 0. The largest absolute Gasteiger partial charge is 0.494 e. The third kappa shape index (κ3) is 2.44. The minimum atomic E-state index is 0.712. The summed E-state index contributed by atoms with van der Waals surface area (Å²) in [6, 6.07) is 6.31. The Morgan fingerprint density at radius 1 is 1.35 bits per heavy atom. The monoisotopic (exact) mass is 232 g/mol. The van der Waals surface area contributed by atoms with Crippen LogP contribution in [0.5, 0.6) is 5.75 Å². The van der Waals surface area contributed by atoms with Gasteiger partial charge in [0.05, 0.1) is 6.61 Å². The van der Waals surface area contributed by atoms with Gasteiger partial charge in [-0.1, -0.05) is 0 Å². The van der Waals surface area contributed by atoms with Gasteiger partial charge >= 0.3 is 0 Å². The van der Waals surface area contributed by atoms with Crippen molar-refractivity contribution in [2.45, 2.75) is 13.3 Å². The highest BCUT2D eigenvalue weighted by Crippen LogP contribution is 2.25. The lowest BCUT2D eigenvalue weighted by Crippen LogP contribution is -2.09. The quantitative estimate of drug-likeness (QED) is 0.856. The molecular formula is C14H20N2O. The Morgan fingerprint density at radius 3 is 2.88 bits per heavy atom. The van der Waals surface area contributed by atoms with Crippen molar-refractivity contribution in [1.82, 2.24) is 9.88 Å². The van der Waals surface area contributed by atoms with E-state index in [0.29, 0.717) is 6.61 Å². The average Bonchev–Trinajstić information content (AvgIpc) is 2.64. The molecule has 0 unspecified atom stereocenters. The minimum absolute atomic E-state index is 0.712. The molecule has 0 spiro atoms. The molecule has 1 heterocycles. The van der Waals surface area contributed by atoms with Gasteiger partial charge in [-0.2, -0.15) is 0 Å². The number of benzene rings is 1. The minimum Gasteiger partial charge on any atom is -0.494 e. The normalized spacial score (nSPS) is 11.0. The number of hydrogen-bond donors (Lipinski definition) is 1. The van der Waals surface area contributed by atoms with Crippen molar-refractivity contribution in [3.05, 3.63) is 30.0 Å². The van der Waals surface area contributed by atoms with Gasteiger partial charge in [-0.05, 0) is 50.7 Å². The summed E-state index contributed by atoms with van der Waals surface area (Å²) in [5, 5.41) is 4.49. The topological polar surface area (TPSA) is 26.2 Å². The van der Waals surface area contributed by atoms with Crippen molar-refractivity contribution in [2.75, 3.05) is 20.2 Å². The first-order valence-corrected chi connectivity index (χ1v) is 6.11. The summed E-state index contributed by atoms with van der Waals surface area (Å²) in [6.45, 7) is 3.72. The second kappa shape index (κ2) is 5.23. The van der Waals surface area contributed by atoms with Crippen LogP contribution in [0.25, 0.3) is 10.9 Å². The molecule has 17 heavy (non-hydrogen) atoms. The van der Waals surface area contributed by atoms with Crippen LogP contribution in [0.4, 0.5) is 0 Å². The maximum Gasteiger partial charge on any atom is 0.120 e. The van der Waals surface area contributed by atoms with Gasteiger partial charge in [-0.15, -0.1) is 0 Å². The molecule has 0 saturated heterocycles. The van der Waals surface area contributed by atoms with Crippen molar-refractivity contribution in [3.63, 3.8) is 0 Å². The van der Waals surface area contributed by atoms with Crippen molar-refractivity contribution in [3.8, 4) is 5.75 Å². The molecule has 0 aliphatic carbocycles. The lowest BCUT2D eigenvalue weighted by atomic mass is 10.1. The molecular weight excluding hydrogens is 212 g/mol. The summed E-state index contributed by atoms with van der Waals surface area (Å²) in [5.41, 5.74) is 2.64. The lowest BCUT2D eigenvalue weighted by Gasteiger charge is -2.04. The molecule has 1 aromatic carbocycles. The predicted molar refractivity (Wildman–Crippen MR) is 71.7 cm³/mol. The van der Waals surface area contributed by atoms with Crippen molar-refractivity contribution >= 4 is 10.9 Å². The Morgan fingerprint density at radius 2 is 2.18 bits per heavy atom. The molecule has 0 aliphatic rings. The smallest absolute Gasteiger partial charge is 0.120 e. The zero-order valence-corrected chi connectivity index (χ0v) is 10.8. The number of nitrogens with one attached hydrogen (secondary N) is 1. The van der Waals surface area contributed by atoms with E-state index >= 15 is 0 Å². The fourth-order valence-electron chi connectivity index (χ4n) is 2.17. The highest BCUT2D eigenvalue weighted by Gasteiger charge is 2.07. The number of nitrogens with zero attached hydrogens (tertiary/aromatic N) is 1. The van der Waals surface area contributed by atoms with Crippen molar-refractivity contribution in [1.29, 1.82) is 0 Å². The van der Waals surface area contributed by atoms with E-state index in [1.54, 1.807) is 0 Å². The van der Waals surface area contributed by atoms with Crippen LogP contribution in [0, 0.1) is 0 Å². The molecule has 0 bridgehead atoms. The number of rotatable bonds is 5. The fraction of sp³-hybridized carbons (Fsp3) is 0.429. The Balaban J connectivity index is 2.41. The van der Waals surface area contributed by atoms with E-state index in [0.717, 1.165) is 18.7 Å². The van der Waals surface area contributed by atoms with Crippen LogP contribution in [0.1, 0.15) is 12.5 Å². The zero-order valence-electron chi connectivity index (χ0n) is 10.8. The molecule has 0 fully saturated rings. The Bertz CT molecular complexity index is 502. The maximum atomic E-state index is 5.56. The van der Waals surface area contributed by atoms with Crippen molar-refractivity contribution in [2.24, 2.45) is 7.05 Å². The summed E-state index contributed by atoms with van der Waals surface area (Å²) in [7, 11) is 4.07. The molecule has 3 heteroatoms. The Kier molecular flexibility index (Phi) is 3.69. The predicted octanol–water partition coefficient (Wildman–Crippen LogP) is 2.34. The Hall–Kier alpha value is -1.48. The zero-order chi connectivity index (χ0) is 12.3. The van der Waals surface area contributed by atoms with Gasteiger partial charge < -0.3 is 14.6 Å². The third-order valence-electron chi connectivity index (χ3n) is 3.00. The Labute approximate surface area is 102 Å². The number of ether oxygens (including phenoxy) is 1. The van der Waals surface area contributed by atoms with Gasteiger partial charge in [0, 0.05) is 24.1 Å². The van der Waals surface area contributed by atoms with E-state index in [1.165, 1.54) is 16.5 Å². The van der Waals surface area contributed by atoms with Gasteiger partial charge in [0.15, 0.2) is 0 Å².